The average Bonchev–Trinajstić information content (AvgIpc) is 2.64. The summed E-state index contributed by atoms with van der Waals surface area (Å²) in [7, 11) is 0. The Hall–Kier alpha value is -0.410. The molecule has 13 heavy (non-hydrogen) atoms. The number of rotatable bonds is 2. The molecule has 1 saturated carbocycles. The van der Waals surface area contributed by atoms with Gasteiger partial charge < -0.3 is 5.73 Å². The molecule has 1 fully saturated rings. The lowest BCUT2D eigenvalue weighted by atomic mass is 10.0. The minimum atomic E-state index is 0.421. The van der Waals surface area contributed by atoms with E-state index in [1.54, 1.807) is 11.3 Å². The van der Waals surface area contributed by atoms with E-state index in [1.165, 1.54) is 24.3 Å². The van der Waals surface area contributed by atoms with E-state index in [2.05, 4.69) is 17.3 Å². The van der Waals surface area contributed by atoms with E-state index in [0.717, 1.165) is 12.1 Å². The fraction of sp³-hybridized carbons (Fsp3) is 0.700. The van der Waals surface area contributed by atoms with Gasteiger partial charge in [-0.05, 0) is 25.7 Å². The first-order valence-corrected chi connectivity index (χ1v) is 5.80. The zero-order valence-electron chi connectivity index (χ0n) is 7.99. The maximum Gasteiger partial charge on any atom is 0.0931 e. The molecule has 0 spiro atoms. The molecule has 72 valence electrons. The second-order valence-electron chi connectivity index (χ2n) is 3.94. The summed E-state index contributed by atoms with van der Waals surface area (Å²) in [5.74, 6) is 0.686. The number of aryl methyl sites for hydroxylation is 1. The molecule has 1 aromatic heterocycles. The maximum absolute atomic E-state index is 6.01. The highest BCUT2D eigenvalue weighted by Crippen LogP contribution is 2.28. The summed E-state index contributed by atoms with van der Waals surface area (Å²) in [5.41, 5.74) is 7.16. The topological polar surface area (TPSA) is 38.9 Å². The van der Waals surface area contributed by atoms with Gasteiger partial charge in [0.15, 0.2) is 0 Å². The van der Waals surface area contributed by atoms with Gasteiger partial charge in [-0.3, -0.25) is 0 Å². The lowest BCUT2D eigenvalue weighted by molar-refractivity contribution is 0.477. The van der Waals surface area contributed by atoms with Crippen molar-refractivity contribution in [3.8, 4) is 0 Å². The zero-order valence-corrected chi connectivity index (χ0v) is 8.81. The van der Waals surface area contributed by atoms with Crippen molar-refractivity contribution >= 4 is 11.3 Å². The number of nitrogens with two attached hydrogens (primary N) is 1. The molecular formula is C10H16N2S. The van der Waals surface area contributed by atoms with Crippen LogP contribution in [-0.4, -0.2) is 11.0 Å². The molecular weight excluding hydrogens is 180 g/mol. The van der Waals surface area contributed by atoms with Crippen LogP contribution in [0.4, 0.5) is 0 Å². The van der Waals surface area contributed by atoms with E-state index in [1.807, 2.05) is 0 Å². The Kier molecular flexibility index (Phi) is 2.65. The smallest absolute Gasteiger partial charge is 0.0931 e. The SMILES string of the molecule is Cc1csc(CC2CCCC2N)n1. The van der Waals surface area contributed by atoms with Crippen LogP contribution in [0, 0.1) is 12.8 Å². The molecule has 0 radical (unpaired) electrons. The van der Waals surface area contributed by atoms with Crippen molar-refractivity contribution < 1.29 is 0 Å². The molecule has 1 aliphatic rings. The summed E-state index contributed by atoms with van der Waals surface area (Å²) in [6.07, 6.45) is 4.89. The van der Waals surface area contributed by atoms with E-state index in [4.69, 9.17) is 5.73 Å². The Morgan fingerprint density at radius 3 is 3.00 bits per heavy atom. The van der Waals surface area contributed by atoms with Crippen LogP contribution >= 0.6 is 11.3 Å². The molecule has 1 aliphatic carbocycles. The minimum Gasteiger partial charge on any atom is -0.327 e. The monoisotopic (exact) mass is 196 g/mol. The second-order valence-corrected chi connectivity index (χ2v) is 4.88. The molecule has 2 atom stereocenters. The van der Waals surface area contributed by atoms with Crippen molar-refractivity contribution in [2.24, 2.45) is 11.7 Å². The zero-order chi connectivity index (χ0) is 9.26. The van der Waals surface area contributed by atoms with Gasteiger partial charge in [-0.15, -0.1) is 11.3 Å². The van der Waals surface area contributed by atoms with Crippen LogP contribution in [0.1, 0.15) is 30.0 Å². The number of hydrogen-bond acceptors (Lipinski definition) is 3. The Balaban J connectivity index is 1.97. The van der Waals surface area contributed by atoms with E-state index >= 15 is 0 Å². The van der Waals surface area contributed by atoms with Crippen LogP contribution in [0.2, 0.25) is 0 Å². The molecule has 2 nitrogen and oxygen atoms in total. The number of aromatic nitrogens is 1. The van der Waals surface area contributed by atoms with E-state index < -0.39 is 0 Å². The van der Waals surface area contributed by atoms with Crippen molar-refractivity contribution in [2.45, 2.75) is 38.6 Å². The average molecular weight is 196 g/mol. The van der Waals surface area contributed by atoms with Gasteiger partial charge in [0.2, 0.25) is 0 Å². The molecule has 2 N–H and O–H groups in total. The van der Waals surface area contributed by atoms with Gasteiger partial charge in [0, 0.05) is 23.5 Å². The van der Waals surface area contributed by atoms with Crippen LogP contribution in [0.25, 0.3) is 0 Å². The Morgan fingerprint density at radius 2 is 2.46 bits per heavy atom. The molecule has 0 amide bonds. The highest BCUT2D eigenvalue weighted by Gasteiger charge is 2.24. The lowest BCUT2D eigenvalue weighted by Gasteiger charge is -2.12. The fourth-order valence-electron chi connectivity index (χ4n) is 2.04. The van der Waals surface area contributed by atoms with Crippen molar-refractivity contribution in [1.82, 2.24) is 4.98 Å². The molecule has 1 heterocycles. The third-order valence-electron chi connectivity index (χ3n) is 2.82. The maximum atomic E-state index is 6.01. The predicted molar refractivity (Wildman–Crippen MR) is 55.9 cm³/mol. The highest BCUT2D eigenvalue weighted by atomic mass is 32.1. The minimum absolute atomic E-state index is 0.421. The summed E-state index contributed by atoms with van der Waals surface area (Å²) in [4.78, 5) is 4.47. The molecule has 0 aliphatic heterocycles. The number of nitrogens with zero attached hydrogens (tertiary/aromatic N) is 1. The number of hydrogen-bond donors (Lipinski definition) is 1. The molecule has 2 rings (SSSR count). The fourth-order valence-corrected chi connectivity index (χ4v) is 2.91. The van der Waals surface area contributed by atoms with Crippen LogP contribution < -0.4 is 5.73 Å². The molecule has 0 aromatic carbocycles. The Labute approximate surface area is 83.2 Å². The molecule has 3 heteroatoms. The number of thiazole rings is 1. The summed E-state index contributed by atoms with van der Waals surface area (Å²) < 4.78 is 0. The summed E-state index contributed by atoms with van der Waals surface area (Å²) in [6.45, 7) is 2.05. The third kappa shape index (κ3) is 2.09. The van der Waals surface area contributed by atoms with E-state index in [9.17, 15) is 0 Å². The van der Waals surface area contributed by atoms with Gasteiger partial charge in [-0.2, -0.15) is 0 Å². The predicted octanol–water partition coefficient (Wildman–Crippen LogP) is 2.12. The first kappa shape index (κ1) is 9.16. The van der Waals surface area contributed by atoms with E-state index in [-0.39, 0.29) is 0 Å². The molecule has 0 bridgehead atoms. The third-order valence-corrected chi connectivity index (χ3v) is 3.81. The summed E-state index contributed by atoms with van der Waals surface area (Å²) in [6, 6.07) is 0.421. The van der Waals surface area contributed by atoms with Gasteiger partial charge in [0.1, 0.15) is 0 Å². The standard InChI is InChI=1S/C10H16N2S/c1-7-6-13-10(12-7)5-8-3-2-4-9(8)11/h6,8-9H,2-5,11H2,1H3. The quantitative estimate of drug-likeness (QED) is 0.787. The van der Waals surface area contributed by atoms with Crippen LogP contribution in [-0.2, 0) is 6.42 Å². The van der Waals surface area contributed by atoms with Gasteiger partial charge in [-0.25, -0.2) is 4.98 Å². The summed E-state index contributed by atoms with van der Waals surface area (Å²) >= 11 is 1.77. The largest absolute Gasteiger partial charge is 0.327 e. The highest BCUT2D eigenvalue weighted by molar-refractivity contribution is 7.09. The van der Waals surface area contributed by atoms with Gasteiger partial charge in [0.25, 0.3) is 0 Å². The van der Waals surface area contributed by atoms with Crippen molar-refractivity contribution in [2.75, 3.05) is 0 Å². The Morgan fingerprint density at radius 1 is 1.62 bits per heavy atom. The second kappa shape index (κ2) is 3.76. The molecule has 1 aromatic rings. The van der Waals surface area contributed by atoms with Crippen molar-refractivity contribution in [3.63, 3.8) is 0 Å². The first-order chi connectivity index (χ1) is 6.25. The van der Waals surface area contributed by atoms with Crippen LogP contribution in [0.5, 0.6) is 0 Å². The molecule has 2 unspecified atom stereocenters. The van der Waals surface area contributed by atoms with Crippen molar-refractivity contribution in [3.05, 3.63) is 16.1 Å². The lowest BCUT2D eigenvalue weighted by Crippen LogP contribution is -2.25. The van der Waals surface area contributed by atoms with Gasteiger partial charge in [-0.1, -0.05) is 6.42 Å². The van der Waals surface area contributed by atoms with Crippen molar-refractivity contribution in [1.29, 1.82) is 0 Å². The Bertz CT molecular complexity index is 282. The van der Waals surface area contributed by atoms with Crippen LogP contribution in [0.15, 0.2) is 5.38 Å². The first-order valence-electron chi connectivity index (χ1n) is 4.92. The molecule has 0 saturated heterocycles. The van der Waals surface area contributed by atoms with Gasteiger partial charge >= 0.3 is 0 Å². The van der Waals surface area contributed by atoms with E-state index in [0.29, 0.717) is 12.0 Å². The normalized spacial score (nSPS) is 28.2. The van der Waals surface area contributed by atoms with Gasteiger partial charge in [0.05, 0.1) is 5.01 Å². The van der Waals surface area contributed by atoms with Crippen LogP contribution in [0.3, 0.4) is 0 Å². The summed E-state index contributed by atoms with van der Waals surface area (Å²) in [5, 5.41) is 3.38.